The van der Waals surface area contributed by atoms with Gasteiger partial charge in [0, 0.05) is 24.5 Å². The van der Waals surface area contributed by atoms with Gasteiger partial charge in [0.05, 0.1) is 18.7 Å². The van der Waals surface area contributed by atoms with E-state index in [0.717, 1.165) is 22.3 Å². The minimum atomic E-state index is -0.899. The van der Waals surface area contributed by atoms with E-state index < -0.39 is 17.7 Å². The van der Waals surface area contributed by atoms with E-state index in [4.69, 9.17) is 14.2 Å². The van der Waals surface area contributed by atoms with Gasteiger partial charge in [-0.2, -0.15) is 0 Å². The molecule has 8 nitrogen and oxygen atoms in total. The molecule has 0 bridgehead atoms. The van der Waals surface area contributed by atoms with Gasteiger partial charge in [-0.05, 0) is 77.2 Å². The Kier molecular flexibility index (Phi) is 9.29. The summed E-state index contributed by atoms with van der Waals surface area (Å²) in [7, 11) is 1.53. The van der Waals surface area contributed by atoms with E-state index in [1.165, 1.54) is 12.0 Å². The molecule has 2 heterocycles. The van der Waals surface area contributed by atoms with Crippen LogP contribution in [-0.2, 0) is 29.3 Å². The van der Waals surface area contributed by atoms with Gasteiger partial charge < -0.3 is 24.2 Å². The van der Waals surface area contributed by atoms with Gasteiger partial charge in [0.2, 0.25) is 0 Å². The van der Waals surface area contributed by atoms with E-state index in [1.807, 2.05) is 67.6 Å². The maximum atomic E-state index is 13.6. The molecule has 236 valence electrons. The summed E-state index contributed by atoms with van der Waals surface area (Å²) in [5, 5.41) is 11.6. The first-order valence-corrected chi connectivity index (χ1v) is 15.2. The molecule has 47 heavy (non-hydrogen) atoms. The number of methoxy groups -OCH3 is 1. The lowest BCUT2D eigenvalue weighted by atomic mass is 9.94. The molecule has 1 N–H and O–H groups in total. The zero-order valence-corrected chi connectivity index (χ0v) is 26.1. The Morgan fingerprint density at radius 2 is 1.55 bits per heavy atom. The summed E-state index contributed by atoms with van der Waals surface area (Å²) in [6.45, 7) is 2.87. The maximum absolute atomic E-state index is 13.6. The van der Waals surface area contributed by atoms with Crippen LogP contribution in [0.1, 0.15) is 39.4 Å². The summed E-state index contributed by atoms with van der Waals surface area (Å²) >= 11 is 0. The van der Waals surface area contributed by atoms with Gasteiger partial charge in [-0.15, -0.1) is 0 Å². The highest BCUT2D eigenvalue weighted by Crippen LogP contribution is 2.43. The van der Waals surface area contributed by atoms with E-state index in [0.29, 0.717) is 41.6 Å². The van der Waals surface area contributed by atoms with Crippen LogP contribution in [0.2, 0.25) is 0 Å². The summed E-state index contributed by atoms with van der Waals surface area (Å²) in [6, 6.07) is 32.5. The van der Waals surface area contributed by atoms with Gasteiger partial charge in [0.15, 0.2) is 11.5 Å². The van der Waals surface area contributed by atoms with Crippen molar-refractivity contribution < 1.29 is 28.9 Å². The fourth-order valence-corrected chi connectivity index (χ4v) is 5.58. The summed E-state index contributed by atoms with van der Waals surface area (Å²) in [5.74, 6) is -0.238. The number of aliphatic hydroxyl groups excluding tert-OH is 1. The lowest BCUT2D eigenvalue weighted by Gasteiger charge is -2.26. The molecule has 4 aromatic carbocycles. The standard InChI is InChI=1S/C39H34N2O6/c1-26-9-6-7-13-31(26)25-46-32-17-14-29(15-18-32)37(42)35-36(41(39(44)38(35)43)23-28-12-8-20-40-22-28)30-16-19-33(34(21-30)45-2)47-24-27-10-4-3-5-11-27/h3-22,36,42H,23-25H2,1-2H3. The van der Waals surface area contributed by atoms with Gasteiger partial charge in [-0.3, -0.25) is 14.6 Å². The number of carbonyl (C=O) groups excluding carboxylic acids is 2. The zero-order chi connectivity index (χ0) is 32.8. The number of likely N-dealkylation sites (tertiary alicyclic amines) is 1. The molecule has 1 atom stereocenters. The summed E-state index contributed by atoms with van der Waals surface area (Å²) in [4.78, 5) is 32.8. The number of pyridine rings is 1. The Morgan fingerprint density at radius 1 is 0.809 bits per heavy atom. The Balaban J connectivity index is 1.33. The largest absolute Gasteiger partial charge is 0.507 e. The molecule has 1 aromatic heterocycles. The Hall–Kier alpha value is -5.89. The van der Waals surface area contributed by atoms with Crippen LogP contribution in [0.4, 0.5) is 0 Å². The second-order valence-corrected chi connectivity index (χ2v) is 11.2. The third-order valence-electron chi connectivity index (χ3n) is 8.14. The lowest BCUT2D eigenvalue weighted by molar-refractivity contribution is -0.140. The van der Waals surface area contributed by atoms with E-state index in [9.17, 15) is 14.7 Å². The van der Waals surface area contributed by atoms with Crippen molar-refractivity contribution in [3.05, 3.63) is 161 Å². The van der Waals surface area contributed by atoms with Crippen LogP contribution in [0, 0.1) is 6.92 Å². The molecule has 6 rings (SSSR count). The highest BCUT2D eigenvalue weighted by Gasteiger charge is 2.46. The van der Waals surface area contributed by atoms with E-state index in [1.54, 1.807) is 60.9 Å². The molecule has 1 fully saturated rings. The molecule has 8 heteroatoms. The second-order valence-electron chi connectivity index (χ2n) is 11.2. The molecule has 0 aliphatic carbocycles. The van der Waals surface area contributed by atoms with Crippen molar-refractivity contribution in [3.63, 3.8) is 0 Å². The highest BCUT2D eigenvalue weighted by molar-refractivity contribution is 6.46. The molecule has 1 aliphatic heterocycles. The molecule has 1 saturated heterocycles. The van der Waals surface area contributed by atoms with Crippen molar-refractivity contribution in [2.75, 3.05) is 7.11 Å². The molecule has 0 spiro atoms. The molecule has 0 radical (unpaired) electrons. The minimum absolute atomic E-state index is 0.0209. The Morgan fingerprint density at radius 3 is 2.28 bits per heavy atom. The highest BCUT2D eigenvalue weighted by atomic mass is 16.5. The summed E-state index contributed by atoms with van der Waals surface area (Å²) < 4.78 is 17.7. The predicted molar refractivity (Wildman–Crippen MR) is 178 cm³/mol. The monoisotopic (exact) mass is 626 g/mol. The van der Waals surface area contributed by atoms with Crippen molar-refractivity contribution in [2.24, 2.45) is 0 Å². The average Bonchev–Trinajstić information content (AvgIpc) is 3.36. The number of hydrogen-bond donors (Lipinski definition) is 1. The topological polar surface area (TPSA) is 98.2 Å². The summed E-state index contributed by atoms with van der Waals surface area (Å²) in [5.41, 5.74) is 4.88. The number of aliphatic hydroxyl groups is 1. The number of ketones is 1. The van der Waals surface area contributed by atoms with E-state index in [2.05, 4.69) is 4.98 Å². The number of amides is 1. The number of benzene rings is 4. The van der Waals surface area contributed by atoms with Crippen LogP contribution >= 0.6 is 0 Å². The van der Waals surface area contributed by atoms with E-state index >= 15 is 0 Å². The van der Waals surface area contributed by atoms with Gasteiger partial charge in [-0.25, -0.2) is 0 Å². The number of carbonyl (C=O) groups is 2. The average molecular weight is 627 g/mol. The van der Waals surface area contributed by atoms with Gasteiger partial charge in [0.1, 0.15) is 24.7 Å². The van der Waals surface area contributed by atoms with Crippen molar-refractivity contribution in [2.45, 2.75) is 32.7 Å². The van der Waals surface area contributed by atoms with Crippen molar-refractivity contribution in [3.8, 4) is 17.2 Å². The molecule has 1 amide bonds. The van der Waals surface area contributed by atoms with Crippen LogP contribution in [0.3, 0.4) is 0 Å². The molecule has 0 saturated carbocycles. The van der Waals surface area contributed by atoms with Crippen LogP contribution < -0.4 is 14.2 Å². The first-order chi connectivity index (χ1) is 22.9. The first-order valence-electron chi connectivity index (χ1n) is 15.2. The molecular weight excluding hydrogens is 592 g/mol. The van der Waals surface area contributed by atoms with Crippen molar-refractivity contribution in [1.29, 1.82) is 0 Å². The van der Waals surface area contributed by atoms with Gasteiger partial charge >= 0.3 is 0 Å². The van der Waals surface area contributed by atoms with Crippen LogP contribution in [0.25, 0.3) is 5.76 Å². The van der Waals surface area contributed by atoms with Crippen LogP contribution in [0.5, 0.6) is 17.2 Å². The first kappa shape index (κ1) is 31.1. The molecular formula is C39H34N2O6. The normalized spacial score (nSPS) is 15.4. The Labute approximate surface area is 273 Å². The molecule has 5 aromatic rings. The minimum Gasteiger partial charge on any atom is -0.507 e. The van der Waals surface area contributed by atoms with Gasteiger partial charge in [-0.1, -0.05) is 66.7 Å². The molecule has 1 aliphatic rings. The third kappa shape index (κ3) is 6.87. The van der Waals surface area contributed by atoms with Crippen molar-refractivity contribution in [1.82, 2.24) is 9.88 Å². The lowest BCUT2D eigenvalue weighted by Crippen LogP contribution is -2.29. The predicted octanol–water partition coefficient (Wildman–Crippen LogP) is 7.18. The second kappa shape index (κ2) is 14.0. The Bertz CT molecular complexity index is 1910. The third-order valence-corrected chi connectivity index (χ3v) is 8.14. The van der Waals surface area contributed by atoms with E-state index in [-0.39, 0.29) is 17.9 Å². The fourth-order valence-electron chi connectivity index (χ4n) is 5.58. The SMILES string of the molecule is COc1cc(C2C(=C(O)c3ccc(OCc4ccccc4C)cc3)C(=O)C(=O)N2Cc2cccnc2)ccc1OCc1ccccc1. The number of aromatic nitrogens is 1. The number of aryl methyl sites for hydroxylation is 1. The van der Waals surface area contributed by atoms with Crippen LogP contribution in [0.15, 0.2) is 127 Å². The number of rotatable bonds is 11. The fraction of sp³-hybridized carbons (Fsp3) is 0.154. The number of nitrogens with zero attached hydrogens (tertiary/aromatic N) is 2. The van der Waals surface area contributed by atoms with Crippen molar-refractivity contribution >= 4 is 17.4 Å². The number of ether oxygens (including phenoxy) is 3. The summed E-state index contributed by atoms with van der Waals surface area (Å²) in [6.07, 6.45) is 3.29. The number of hydrogen-bond acceptors (Lipinski definition) is 7. The van der Waals surface area contributed by atoms with Crippen LogP contribution in [-0.4, -0.2) is 33.8 Å². The van der Waals surface area contributed by atoms with Gasteiger partial charge in [0.25, 0.3) is 11.7 Å². The smallest absolute Gasteiger partial charge is 0.295 e. The quantitative estimate of drug-likeness (QED) is 0.0942. The maximum Gasteiger partial charge on any atom is 0.295 e. The zero-order valence-electron chi connectivity index (χ0n) is 26.1. The molecule has 1 unspecified atom stereocenters. The number of Topliss-reactive ketones (excluding diaryl/α,β-unsaturated/α-hetero) is 1.